The molecule has 1 saturated heterocycles. The van der Waals surface area contributed by atoms with E-state index in [4.69, 9.17) is 14.2 Å². The van der Waals surface area contributed by atoms with Crippen LogP contribution >= 0.6 is 31.9 Å². The second kappa shape index (κ2) is 12.0. The lowest BCUT2D eigenvalue weighted by atomic mass is 10.2. The summed E-state index contributed by atoms with van der Waals surface area (Å²) in [4.78, 5) is 26.4. The van der Waals surface area contributed by atoms with Gasteiger partial charge in [0.2, 0.25) is 0 Å². The highest BCUT2D eigenvalue weighted by Gasteiger charge is 2.18. The van der Waals surface area contributed by atoms with Crippen molar-refractivity contribution in [3.05, 3.63) is 50.4 Å². The summed E-state index contributed by atoms with van der Waals surface area (Å²) in [6.07, 6.45) is 1.44. The fourth-order valence-electron chi connectivity index (χ4n) is 3.00. The predicted octanol–water partition coefficient (Wildman–Crippen LogP) is 3.32. The predicted molar refractivity (Wildman–Crippen MR) is 129 cm³/mol. The molecule has 33 heavy (non-hydrogen) atoms. The third kappa shape index (κ3) is 6.92. The summed E-state index contributed by atoms with van der Waals surface area (Å²) in [5, 5.41) is 14.0. The molecule has 176 valence electrons. The molecule has 1 fully saturated rings. The summed E-state index contributed by atoms with van der Waals surface area (Å²) in [6.45, 7) is 4.30. The van der Waals surface area contributed by atoms with Gasteiger partial charge in [0.25, 0.3) is 11.8 Å². The van der Waals surface area contributed by atoms with Gasteiger partial charge in [-0.15, -0.1) is 0 Å². The lowest BCUT2D eigenvalue weighted by Gasteiger charge is -2.26. The third-order valence-electron chi connectivity index (χ3n) is 4.64. The van der Waals surface area contributed by atoms with Crippen LogP contribution in [0.4, 0.5) is 0 Å². The zero-order chi connectivity index (χ0) is 23.8. The maximum atomic E-state index is 12.3. The number of benzene rings is 2. The van der Waals surface area contributed by atoms with E-state index in [1.807, 2.05) is 6.92 Å². The Hall–Kier alpha value is -2.63. The average molecular weight is 585 g/mol. The number of amides is 2. The average Bonchev–Trinajstić information content (AvgIpc) is 2.81. The number of ether oxygens (including phenoxy) is 3. The zero-order valence-corrected chi connectivity index (χ0v) is 21.0. The molecule has 0 unspecified atom stereocenters. The topological polar surface area (TPSA) is 110 Å². The molecule has 1 aliphatic heterocycles. The minimum atomic E-state index is -0.572. The van der Waals surface area contributed by atoms with Crippen LogP contribution in [-0.4, -0.2) is 67.6 Å². The van der Waals surface area contributed by atoms with E-state index in [0.29, 0.717) is 58.9 Å². The molecule has 9 nitrogen and oxygen atoms in total. The van der Waals surface area contributed by atoms with Crippen molar-refractivity contribution >= 4 is 49.9 Å². The van der Waals surface area contributed by atoms with Crippen LogP contribution in [0.15, 0.2) is 44.4 Å². The number of hydrogen-bond acceptors (Lipinski definition) is 7. The maximum absolute atomic E-state index is 12.3. The number of phenolic OH excluding ortho intramolecular Hbond substituents is 1. The van der Waals surface area contributed by atoms with E-state index in [-0.39, 0.29) is 23.8 Å². The lowest BCUT2D eigenvalue weighted by Crippen LogP contribution is -2.43. The highest BCUT2D eigenvalue weighted by atomic mass is 79.9. The SMILES string of the molecule is CCOc1cc(/C=N\NC(=O)c2cc(Br)cc(Br)c2O)ccc1OCC(=O)N1CCOCC1. The van der Waals surface area contributed by atoms with E-state index in [1.165, 1.54) is 12.3 Å². The fourth-order valence-corrected chi connectivity index (χ4v) is 4.23. The van der Waals surface area contributed by atoms with Crippen molar-refractivity contribution in [2.24, 2.45) is 5.10 Å². The van der Waals surface area contributed by atoms with Crippen molar-refractivity contribution in [2.45, 2.75) is 6.92 Å². The standard InChI is InChI=1S/C22H23Br2N3O6/c1-2-32-19-9-14(3-4-18(19)33-13-20(28)27-5-7-31-8-6-27)12-25-26-22(30)16-10-15(23)11-17(24)21(16)29/h3-4,9-12,29H,2,5-8,13H2,1H3,(H,26,30)/b25-12-. The van der Waals surface area contributed by atoms with Gasteiger partial charge in [0.05, 0.1) is 36.1 Å². The van der Waals surface area contributed by atoms with Gasteiger partial charge in [0.15, 0.2) is 18.1 Å². The first kappa shape index (κ1) is 25.0. The Morgan fingerprint density at radius 1 is 1.18 bits per heavy atom. The minimum Gasteiger partial charge on any atom is -0.506 e. The Kier molecular flexibility index (Phi) is 9.10. The Morgan fingerprint density at radius 3 is 2.67 bits per heavy atom. The van der Waals surface area contributed by atoms with Gasteiger partial charge in [0, 0.05) is 17.6 Å². The molecule has 1 heterocycles. The van der Waals surface area contributed by atoms with Crippen molar-refractivity contribution in [1.82, 2.24) is 10.3 Å². The second-order valence-corrected chi connectivity index (χ2v) is 8.67. The molecule has 2 aromatic carbocycles. The first-order valence-corrected chi connectivity index (χ1v) is 11.7. The van der Waals surface area contributed by atoms with Gasteiger partial charge in [-0.05, 0) is 58.7 Å². The van der Waals surface area contributed by atoms with Crippen LogP contribution in [0.2, 0.25) is 0 Å². The smallest absolute Gasteiger partial charge is 0.275 e. The fraction of sp³-hybridized carbons (Fsp3) is 0.318. The van der Waals surface area contributed by atoms with Gasteiger partial charge < -0.3 is 24.2 Å². The number of phenols is 1. The summed E-state index contributed by atoms with van der Waals surface area (Å²) in [7, 11) is 0. The van der Waals surface area contributed by atoms with Gasteiger partial charge in [0.1, 0.15) is 5.75 Å². The molecule has 0 bridgehead atoms. The van der Waals surface area contributed by atoms with E-state index in [2.05, 4.69) is 42.4 Å². The Balaban J connectivity index is 1.64. The number of morpholine rings is 1. The van der Waals surface area contributed by atoms with Crippen molar-refractivity contribution in [2.75, 3.05) is 39.5 Å². The van der Waals surface area contributed by atoms with Crippen LogP contribution in [-0.2, 0) is 9.53 Å². The summed E-state index contributed by atoms with van der Waals surface area (Å²) >= 11 is 6.47. The van der Waals surface area contributed by atoms with Crippen LogP contribution in [0.25, 0.3) is 0 Å². The molecular weight excluding hydrogens is 562 g/mol. The van der Waals surface area contributed by atoms with Gasteiger partial charge in [-0.1, -0.05) is 15.9 Å². The van der Waals surface area contributed by atoms with Gasteiger partial charge in [-0.3, -0.25) is 9.59 Å². The summed E-state index contributed by atoms with van der Waals surface area (Å²) < 4.78 is 17.6. The highest BCUT2D eigenvalue weighted by molar-refractivity contribution is 9.11. The zero-order valence-electron chi connectivity index (χ0n) is 17.8. The molecule has 0 spiro atoms. The van der Waals surface area contributed by atoms with Gasteiger partial charge in [-0.2, -0.15) is 5.10 Å². The molecule has 0 saturated carbocycles. The van der Waals surface area contributed by atoms with Crippen molar-refractivity contribution in [1.29, 1.82) is 0 Å². The van der Waals surface area contributed by atoms with E-state index in [0.717, 1.165) is 0 Å². The summed E-state index contributed by atoms with van der Waals surface area (Å²) in [5.41, 5.74) is 3.09. The van der Waals surface area contributed by atoms with Gasteiger partial charge in [-0.25, -0.2) is 5.43 Å². The first-order valence-electron chi connectivity index (χ1n) is 10.2. The number of nitrogens with one attached hydrogen (secondary N) is 1. The quantitative estimate of drug-likeness (QED) is 0.364. The van der Waals surface area contributed by atoms with E-state index < -0.39 is 5.91 Å². The Labute approximate surface area is 208 Å². The molecule has 0 aliphatic carbocycles. The number of nitrogens with zero attached hydrogens (tertiary/aromatic N) is 2. The number of rotatable bonds is 8. The minimum absolute atomic E-state index is 0.0667. The van der Waals surface area contributed by atoms with Crippen molar-refractivity contribution < 1.29 is 28.9 Å². The molecule has 2 amide bonds. The monoisotopic (exact) mass is 583 g/mol. The molecule has 0 radical (unpaired) electrons. The number of halogens is 2. The van der Waals surface area contributed by atoms with E-state index in [1.54, 1.807) is 29.2 Å². The van der Waals surface area contributed by atoms with Crippen LogP contribution in [0.1, 0.15) is 22.8 Å². The molecular formula is C22H23Br2N3O6. The third-order valence-corrected chi connectivity index (χ3v) is 5.70. The van der Waals surface area contributed by atoms with Crippen LogP contribution in [0.5, 0.6) is 17.2 Å². The Bertz CT molecular complexity index is 1040. The second-order valence-electron chi connectivity index (χ2n) is 6.90. The van der Waals surface area contributed by atoms with E-state index in [9.17, 15) is 14.7 Å². The van der Waals surface area contributed by atoms with Crippen LogP contribution in [0, 0.1) is 0 Å². The molecule has 1 aliphatic rings. The summed E-state index contributed by atoms with van der Waals surface area (Å²) in [6, 6.07) is 8.21. The molecule has 2 N–H and O–H groups in total. The van der Waals surface area contributed by atoms with Crippen LogP contribution in [0.3, 0.4) is 0 Å². The van der Waals surface area contributed by atoms with Crippen LogP contribution < -0.4 is 14.9 Å². The molecule has 0 aromatic heterocycles. The molecule has 3 rings (SSSR count). The number of hydrazone groups is 1. The van der Waals surface area contributed by atoms with Crippen molar-refractivity contribution in [3.8, 4) is 17.2 Å². The van der Waals surface area contributed by atoms with E-state index >= 15 is 0 Å². The molecule has 11 heteroatoms. The largest absolute Gasteiger partial charge is 0.506 e. The maximum Gasteiger partial charge on any atom is 0.275 e. The molecule has 2 aromatic rings. The van der Waals surface area contributed by atoms with Crippen molar-refractivity contribution in [3.63, 3.8) is 0 Å². The Morgan fingerprint density at radius 2 is 1.94 bits per heavy atom. The first-order chi connectivity index (χ1) is 15.9. The number of carbonyl (C=O) groups is 2. The lowest BCUT2D eigenvalue weighted by molar-refractivity contribution is -0.137. The molecule has 0 atom stereocenters. The number of carbonyl (C=O) groups excluding carboxylic acids is 2. The summed E-state index contributed by atoms with van der Waals surface area (Å²) in [5.74, 6) is 0.0197. The normalized spacial score (nSPS) is 13.7. The highest BCUT2D eigenvalue weighted by Crippen LogP contribution is 2.31. The number of hydrogen-bond donors (Lipinski definition) is 2. The number of aromatic hydroxyl groups is 1. The van der Waals surface area contributed by atoms with Gasteiger partial charge >= 0.3 is 0 Å².